The SMILES string of the molecule is CC1=NOC(=O)/C1=C\c1cc(Cl)ccc1OCc1ccc(C(=O)O)cc1. The van der Waals surface area contributed by atoms with Gasteiger partial charge in [-0.15, -0.1) is 0 Å². The molecule has 132 valence electrons. The van der Waals surface area contributed by atoms with Crippen LogP contribution in [-0.2, 0) is 16.2 Å². The van der Waals surface area contributed by atoms with Crippen molar-refractivity contribution in [2.75, 3.05) is 0 Å². The number of benzene rings is 2. The molecule has 1 aliphatic rings. The molecule has 26 heavy (non-hydrogen) atoms. The van der Waals surface area contributed by atoms with E-state index in [1.165, 1.54) is 12.1 Å². The number of carbonyl (C=O) groups is 2. The van der Waals surface area contributed by atoms with Crippen molar-refractivity contribution in [2.45, 2.75) is 13.5 Å². The number of aromatic carboxylic acids is 1. The molecule has 0 bridgehead atoms. The highest BCUT2D eigenvalue weighted by Crippen LogP contribution is 2.27. The molecule has 0 amide bonds. The van der Waals surface area contributed by atoms with Crippen molar-refractivity contribution in [3.63, 3.8) is 0 Å². The largest absolute Gasteiger partial charge is 0.488 e. The molecule has 3 rings (SSSR count). The minimum Gasteiger partial charge on any atom is -0.488 e. The molecule has 2 aromatic carbocycles. The quantitative estimate of drug-likeness (QED) is 0.635. The second-order valence-electron chi connectivity index (χ2n) is 5.59. The Morgan fingerprint density at radius 2 is 2.00 bits per heavy atom. The summed E-state index contributed by atoms with van der Waals surface area (Å²) in [4.78, 5) is 27.3. The summed E-state index contributed by atoms with van der Waals surface area (Å²) >= 11 is 6.05. The Hall–Kier alpha value is -3.12. The standard InChI is InChI=1S/C19H14ClNO5/c1-11-16(19(24)26-21-11)9-14-8-15(20)6-7-17(14)25-10-12-2-4-13(5-3-12)18(22)23/h2-9H,10H2,1H3,(H,22,23)/b16-9-. The molecule has 6 nitrogen and oxygen atoms in total. The fraction of sp³-hybridized carbons (Fsp3) is 0.105. The van der Waals surface area contributed by atoms with Crippen LogP contribution in [0, 0.1) is 0 Å². The lowest BCUT2D eigenvalue weighted by Crippen LogP contribution is -2.03. The number of ether oxygens (including phenoxy) is 1. The van der Waals surface area contributed by atoms with Gasteiger partial charge >= 0.3 is 11.9 Å². The molecular weight excluding hydrogens is 358 g/mol. The van der Waals surface area contributed by atoms with Gasteiger partial charge in [0.1, 0.15) is 12.4 Å². The van der Waals surface area contributed by atoms with Crippen molar-refractivity contribution >= 4 is 35.3 Å². The summed E-state index contributed by atoms with van der Waals surface area (Å²) < 4.78 is 5.82. The van der Waals surface area contributed by atoms with Crippen molar-refractivity contribution in [3.05, 3.63) is 69.8 Å². The van der Waals surface area contributed by atoms with Crippen LogP contribution >= 0.6 is 11.6 Å². The molecule has 0 saturated heterocycles. The lowest BCUT2D eigenvalue weighted by molar-refractivity contribution is -0.136. The summed E-state index contributed by atoms with van der Waals surface area (Å²) in [6.45, 7) is 1.90. The average Bonchev–Trinajstić information content (AvgIpc) is 2.93. The van der Waals surface area contributed by atoms with E-state index in [9.17, 15) is 9.59 Å². The maximum absolute atomic E-state index is 11.7. The third-order valence-corrected chi connectivity index (χ3v) is 3.98. The van der Waals surface area contributed by atoms with Crippen LogP contribution in [0.25, 0.3) is 6.08 Å². The summed E-state index contributed by atoms with van der Waals surface area (Å²) in [5, 5.41) is 13.1. The maximum atomic E-state index is 11.7. The van der Waals surface area contributed by atoms with E-state index in [1.807, 2.05) is 0 Å². The van der Waals surface area contributed by atoms with Crippen LogP contribution < -0.4 is 4.74 Å². The number of carboxylic acid groups (broad SMARTS) is 1. The lowest BCUT2D eigenvalue weighted by atomic mass is 10.1. The first-order chi connectivity index (χ1) is 12.4. The Bertz CT molecular complexity index is 931. The molecular formula is C19H14ClNO5. The second-order valence-corrected chi connectivity index (χ2v) is 6.02. The van der Waals surface area contributed by atoms with E-state index in [0.717, 1.165) is 5.56 Å². The summed E-state index contributed by atoms with van der Waals surface area (Å²) in [6, 6.07) is 11.5. The van der Waals surface area contributed by atoms with Crippen LogP contribution in [0.2, 0.25) is 5.02 Å². The summed E-state index contributed by atoms with van der Waals surface area (Å²) in [5.41, 5.74) is 2.44. The van der Waals surface area contributed by atoms with Gasteiger partial charge < -0.3 is 14.7 Å². The van der Waals surface area contributed by atoms with Crippen LogP contribution in [0.1, 0.15) is 28.4 Å². The summed E-state index contributed by atoms with van der Waals surface area (Å²) in [6.07, 6.45) is 1.61. The number of carbonyl (C=O) groups excluding carboxylic acids is 1. The van der Waals surface area contributed by atoms with E-state index in [-0.39, 0.29) is 12.2 Å². The van der Waals surface area contributed by atoms with Crippen LogP contribution in [0.3, 0.4) is 0 Å². The molecule has 1 N–H and O–H groups in total. The molecule has 7 heteroatoms. The third-order valence-electron chi connectivity index (χ3n) is 3.74. The van der Waals surface area contributed by atoms with Crippen molar-refractivity contribution in [1.82, 2.24) is 0 Å². The maximum Gasteiger partial charge on any atom is 0.367 e. The number of hydrogen-bond acceptors (Lipinski definition) is 5. The molecule has 1 heterocycles. The van der Waals surface area contributed by atoms with Gasteiger partial charge in [0.2, 0.25) is 0 Å². The number of nitrogens with zero attached hydrogens (tertiary/aromatic N) is 1. The van der Waals surface area contributed by atoms with Crippen molar-refractivity contribution < 1.29 is 24.3 Å². The van der Waals surface area contributed by atoms with Crippen molar-refractivity contribution in [2.24, 2.45) is 5.16 Å². The van der Waals surface area contributed by atoms with Crippen LogP contribution in [0.4, 0.5) is 0 Å². The molecule has 0 aliphatic carbocycles. The van der Waals surface area contributed by atoms with Crippen LogP contribution in [-0.4, -0.2) is 22.8 Å². The highest BCUT2D eigenvalue weighted by Gasteiger charge is 2.22. The van der Waals surface area contributed by atoms with E-state index in [0.29, 0.717) is 27.6 Å². The van der Waals surface area contributed by atoms with Gasteiger partial charge in [0.25, 0.3) is 0 Å². The van der Waals surface area contributed by atoms with Gasteiger partial charge in [0.15, 0.2) is 0 Å². The van der Waals surface area contributed by atoms with E-state index >= 15 is 0 Å². The van der Waals surface area contributed by atoms with Gasteiger partial charge in [-0.2, -0.15) is 0 Å². The van der Waals surface area contributed by atoms with E-state index in [1.54, 1.807) is 43.3 Å². The molecule has 0 saturated carbocycles. The van der Waals surface area contributed by atoms with E-state index in [4.69, 9.17) is 21.4 Å². The number of carboxylic acids is 1. The van der Waals surface area contributed by atoms with E-state index < -0.39 is 11.9 Å². The summed E-state index contributed by atoms with van der Waals surface area (Å²) in [5.74, 6) is -0.987. The Labute approximate surface area is 154 Å². The van der Waals surface area contributed by atoms with Gasteiger partial charge in [0, 0.05) is 10.6 Å². The molecule has 0 spiro atoms. The second kappa shape index (κ2) is 7.41. The van der Waals surface area contributed by atoms with Gasteiger partial charge in [-0.05, 0) is 48.9 Å². The number of rotatable bonds is 5. The first-order valence-electron chi connectivity index (χ1n) is 7.66. The minimum absolute atomic E-state index is 0.208. The Morgan fingerprint density at radius 3 is 2.62 bits per heavy atom. The Kier molecular flexibility index (Phi) is 5.04. The average molecular weight is 372 g/mol. The topological polar surface area (TPSA) is 85.2 Å². The first kappa shape index (κ1) is 17.7. The highest BCUT2D eigenvalue weighted by atomic mass is 35.5. The number of halogens is 1. The number of hydrogen-bond donors (Lipinski definition) is 1. The first-order valence-corrected chi connectivity index (χ1v) is 8.04. The van der Waals surface area contributed by atoms with Crippen LogP contribution in [0.5, 0.6) is 5.75 Å². The van der Waals surface area contributed by atoms with E-state index in [2.05, 4.69) is 9.99 Å². The lowest BCUT2D eigenvalue weighted by Gasteiger charge is -2.10. The van der Waals surface area contributed by atoms with Crippen molar-refractivity contribution in [3.8, 4) is 5.75 Å². The van der Waals surface area contributed by atoms with Gasteiger partial charge in [-0.1, -0.05) is 28.9 Å². The van der Waals surface area contributed by atoms with Gasteiger partial charge in [-0.3, -0.25) is 0 Å². The van der Waals surface area contributed by atoms with Crippen molar-refractivity contribution in [1.29, 1.82) is 0 Å². The fourth-order valence-electron chi connectivity index (χ4n) is 2.34. The molecule has 0 radical (unpaired) electrons. The van der Waals surface area contributed by atoms with Gasteiger partial charge in [0.05, 0.1) is 16.8 Å². The zero-order valence-corrected chi connectivity index (χ0v) is 14.5. The molecule has 2 aromatic rings. The predicted octanol–water partition coefficient (Wildman–Crippen LogP) is 3.93. The van der Waals surface area contributed by atoms with Gasteiger partial charge in [-0.25, -0.2) is 9.59 Å². The third kappa shape index (κ3) is 3.92. The molecule has 0 unspecified atom stereocenters. The van der Waals surface area contributed by atoms with Crippen LogP contribution in [0.15, 0.2) is 53.2 Å². The monoisotopic (exact) mass is 371 g/mol. The number of oxime groups is 1. The molecule has 0 aromatic heterocycles. The molecule has 1 aliphatic heterocycles. The highest BCUT2D eigenvalue weighted by molar-refractivity contribution is 6.31. The summed E-state index contributed by atoms with van der Waals surface area (Å²) in [7, 11) is 0. The zero-order valence-electron chi connectivity index (χ0n) is 13.7. The molecule has 0 atom stereocenters. The normalized spacial score (nSPS) is 14.9. The Morgan fingerprint density at radius 1 is 1.27 bits per heavy atom. The smallest absolute Gasteiger partial charge is 0.367 e. The minimum atomic E-state index is -0.982. The predicted molar refractivity (Wildman–Crippen MR) is 96.4 cm³/mol. The zero-order chi connectivity index (χ0) is 18.7. The fourth-order valence-corrected chi connectivity index (χ4v) is 2.52. The molecule has 0 fully saturated rings. The Balaban J connectivity index is 1.82.